The molecule has 0 unspecified atom stereocenters. The van der Waals surface area contributed by atoms with Crippen LogP contribution in [0.4, 0.5) is 0 Å². The molecular weight excluding hydrogens is 272 g/mol. The van der Waals surface area contributed by atoms with E-state index in [0.29, 0.717) is 12.1 Å². The Hall–Kier alpha value is -2.21. The van der Waals surface area contributed by atoms with Crippen molar-refractivity contribution in [1.82, 2.24) is 19.9 Å². The summed E-state index contributed by atoms with van der Waals surface area (Å²) >= 11 is 1.59. The van der Waals surface area contributed by atoms with E-state index in [1.54, 1.807) is 23.6 Å². The first-order valence-corrected chi connectivity index (χ1v) is 7.07. The van der Waals surface area contributed by atoms with Crippen molar-refractivity contribution in [3.05, 3.63) is 47.0 Å². The van der Waals surface area contributed by atoms with Gasteiger partial charge in [-0.05, 0) is 25.1 Å². The second-order valence-corrected chi connectivity index (χ2v) is 5.79. The molecule has 5 nitrogen and oxygen atoms in total. The summed E-state index contributed by atoms with van der Waals surface area (Å²) in [7, 11) is 1.90. The van der Waals surface area contributed by atoms with Crippen molar-refractivity contribution in [2.45, 2.75) is 13.5 Å². The normalized spacial score (nSPS) is 10.9. The molecule has 0 bridgehead atoms. The van der Waals surface area contributed by atoms with Crippen LogP contribution in [0.2, 0.25) is 0 Å². The molecule has 0 saturated carbocycles. The van der Waals surface area contributed by atoms with Crippen molar-refractivity contribution in [1.29, 1.82) is 0 Å². The molecule has 1 amide bonds. The van der Waals surface area contributed by atoms with Crippen LogP contribution in [0.25, 0.3) is 10.2 Å². The molecule has 102 valence electrons. The van der Waals surface area contributed by atoms with Gasteiger partial charge in [-0.15, -0.1) is 11.3 Å². The molecular formula is C14H14N4OS. The quantitative estimate of drug-likeness (QED) is 0.803. The maximum absolute atomic E-state index is 12.1. The molecule has 0 fully saturated rings. The van der Waals surface area contributed by atoms with Crippen molar-refractivity contribution < 1.29 is 4.79 Å². The highest BCUT2D eigenvalue weighted by Gasteiger charge is 2.09. The molecule has 0 radical (unpaired) electrons. The van der Waals surface area contributed by atoms with Crippen molar-refractivity contribution in [2.24, 2.45) is 7.05 Å². The van der Waals surface area contributed by atoms with Crippen LogP contribution in [0.5, 0.6) is 0 Å². The lowest BCUT2D eigenvalue weighted by Gasteiger charge is -2.05. The van der Waals surface area contributed by atoms with Crippen LogP contribution in [-0.2, 0) is 13.6 Å². The van der Waals surface area contributed by atoms with Gasteiger partial charge in [0.25, 0.3) is 5.91 Å². The number of fused-ring (bicyclic) bond motifs is 1. The zero-order chi connectivity index (χ0) is 14.1. The van der Waals surface area contributed by atoms with E-state index in [1.807, 2.05) is 36.9 Å². The van der Waals surface area contributed by atoms with Crippen molar-refractivity contribution >= 4 is 27.5 Å². The van der Waals surface area contributed by atoms with Crippen LogP contribution in [0.15, 0.2) is 30.6 Å². The largest absolute Gasteiger partial charge is 0.345 e. The summed E-state index contributed by atoms with van der Waals surface area (Å²) in [6.07, 6.45) is 3.57. The number of imidazole rings is 1. The van der Waals surface area contributed by atoms with Crippen molar-refractivity contribution in [3.8, 4) is 0 Å². The molecule has 1 aromatic carbocycles. The molecule has 0 aliphatic heterocycles. The first-order valence-electron chi connectivity index (χ1n) is 6.25. The third-order valence-corrected chi connectivity index (χ3v) is 4.02. The summed E-state index contributed by atoms with van der Waals surface area (Å²) in [6, 6.07) is 5.57. The van der Waals surface area contributed by atoms with Crippen LogP contribution in [-0.4, -0.2) is 20.4 Å². The Morgan fingerprint density at radius 1 is 1.45 bits per heavy atom. The number of nitrogens with one attached hydrogen (secondary N) is 1. The lowest BCUT2D eigenvalue weighted by atomic mass is 10.2. The number of aromatic nitrogens is 3. The fraction of sp³-hybridized carbons (Fsp3) is 0.214. The molecule has 0 aliphatic carbocycles. The Balaban J connectivity index is 1.76. The lowest BCUT2D eigenvalue weighted by Crippen LogP contribution is -2.24. The summed E-state index contributed by atoms with van der Waals surface area (Å²) in [5.74, 6) is 0.731. The Bertz CT molecular complexity index is 774. The third-order valence-electron chi connectivity index (χ3n) is 3.09. The van der Waals surface area contributed by atoms with Crippen LogP contribution >= 0.6 is 11.3 Å². The standard InChI is InChI=1S/C14H14N4OS/c1-9-17-11-4-3-10(7-12(11)20-9)14(19)16-8-13-15-5-6-18(13)2/h3-7H,8H2,1-2H3,(H,16,19). The molecule has 1 N–H and O–H groups in total. The number of carbonyl (C=O) groups excluding carboxylic acids is 1. The summed E-state index contributed by atoms with van der Waals surface area (Å²) < 4.78 is 2.92. The minimum atomic E-state index is -0.0963. The van der Waals surface area contributed by atoms with Gasteiger partial charge >= 0.3 is 0 Å². The SMILES string of the molecule is Cc1nc2ccc(C(=O)NCc3nccn3C)cc2s1. The molecule has 0 saturated heterocycles. The predicted octanol–water partition coefficient (Wildman–Crippen LogP) is 2.27. The molecule has 2 heterocycles. The Labute approximate surface area is 120 Å². The summed E-state index contributed by atoms with van der Waals surface area (Å²) in [5.41, 5.74) is 1.59. The molecule has 3 rings (SSSR count). The van der Waals surface area contributed by atoms with Crippen LogP contribution in [0.3, 0.4) is 0 Å². The first-order chi connectivity index (χ1) is 9.63. The number of hydrogen-bond acceptors (Lipinski definition) is 4. The van der Waals surface area contributed by atoms with Crippen molar-refractivity contribution in [2.75, 3.05) is 0 Å². The summed E-state index contributed by atoms with van der Waals surface area (Å²) in [6.45, 7) is 2.38. The number of benzene rings is 1. The zero-order valence-corrected chi connectivity index (χ0v) is 12.1. The average Bonchev–Trinajstić information content (AvgIpc) is 2.99. The van der Waals surface area contributed by atoms with E-state index in [0.717, 1.165) is 21.0 Å². The minimum absolute atomic E-state index is 0.0963. The smallest absolute Gasteiger partial charge is 0.251 e. The van der Waals surface area contributed by atoms with Gasteiger partial charge in [-0.2, -0.15) is 0 Å². The summed E-state index contributed by atoms with van der Waals surface area (Å²) in [4.78, 5) is 20.7. The Morgan fingerprint density at radius 3 is 3.05 bits per heavy atom. The van der Waals surface area contributed by atoms with Crippen LogP contribution in [0.1, 0.15) is 21.2 Å². The highest BCUT2D eigenvalue weighted by molar-refractivity contribution is 7.18. The fourth-order valence-electron chi connectivity index (χ4n) is 2.01. The van der Waals surface area contributed by atoms with Crippen LogP contribution < -0.4 is 5.32 Å². The topological polar surface area (TPSA) is 59.8 Å². The molecule has 6 heteroatoms. The van der Waals surface area contributed by atoms with Gasteiger partial charge in [0.2, 0.25) is 0 Å². The molecule has 0 atom stereocenters. The number of thiazole rings is 1. The van der Waals surface area contributed by atoms with E-state index < -0.39 is 0 Å². The van der Waals surface area contributed by atoms with Gasteiger partial charge in [0.05, 0.1) is 21.8 Å². The van der Waals surface area contributed by atoms with E-state index in [2.05, 4.69) is 15.3 Å². The molecule has 20 heavy (non-hydrogen) atoms. The average molecular weight is 286 g/mol. The van der Waals surface area contributed by atoms with E-state index in [1.165, 1.54) is 0 Å². The molecule has 2 aromatic heterocycles. The van der Waals surface area contributed by atoms with Gasteiger partial charge in [0.15, 0.2) is 0 Å². The first kappa shape index (κ1) is 12.8. The highest BCUT2D eigenvalue weighted by Crippen LogP contribution is 2.22. The molecule has 0 spiro atoms. The Kier molecular flexibility index (Phi) is 3.23. The second kappa shape index (κ2) is 5.05. The second-order valence-electron chi connectivity index (χ2n) is 4.55. The lowest BCUT2D eigenvalue weighted by molar-refractivity contribution is 0.0950. The molecule has 0 aliphatic rings. The van der Waals surface area contributed by atoms with Gasteiger partial charge in [0.1, 0.15) is 5.82 Å². The van der Waals surface area contributed by atoms with Gasteiger partial charge in [0, 0.05) is 25.0 Å². The number of aryl methyl sites for hydroxylation is 2. The van der Waals surface area contributed by atoms with Gasteiger partial charge in [-0.1, -0.05) is 0 Å². The van der Waals surface area contributed by atoms with Gasteiger partial charge < -0.3 is 9.88 Å². The van der Waals surface area contributed by atoms with Gasteiger partial charge in [-0.3, -0.25) is 4.79 Å². The zero-order valence-electron chi connectivity index (χ0n) is 11.3. The van der Waals surface area contributed by atoms with Crippen LogP contribution in [0, 0.1) is 6.92 Å². The number of carbonyl (C=O) groups is 1. The predicted molar refractivity (Wildman–Crippen MR) is 78.7 cm³/mol. The highest BCUT2D eigenvalue weighted by atomic mass is 32.1. The molecule has 3 aromatic rings. The fourth-order valence-corrected chi connectivity index (χ4v) is 2.88. The maximum atomic E-state index is 12.1. The Morgan fingerprint density at radius 2 is 2.30 bits per heavy atom. The summed E-state index contributed by atoms with van der Waals surface area (Å²) in [5, 5.41) is 3.88. The van der Waals surface area contributed by atoms with Crippen molar-refractivity contribution in [3.63, 3.8) is 0 Å². The monoisotopic (exact) mass is 286 g/mol. The van der Waals surface area contributed by atoms with E-state index in [9.17, 15) is 4.79 Å². The number of hydrogen-bond donors (Lipinski definition) is 1. The number of amides is 1. The number of nitrogens with zero attached hydrogens (tertiary/aromatic N) is 3. The van der Waals surface area contributed by atoms with E-state index >= 15 is 0 Å². The van der Waals surface area contributed by atoms with E-state index in [-0.39, 0.29) is 5.91 Å². The van der Waals surface area contributed by atoms with Gasteiger partial charge in [-0.25, -0.2) is 9.97 Å². The minimum Gasteiger partial charge on any atom is -0.345 e. The third kappa shape index (κ3) is 2.42. The number of rotatable bonds is 3. The van der Waals surface area contributed by atoms with E-state index in [4.69, 9.17) is 0 Å². The maximum Gasteiger partial charge on any atom is 0.251 e.